The second kappa shape index (κ2) is 6.57. The summed E-state index contributed by atoms with van der Waals surface area (Å²) in [5.41, 5.74) is 0.136. The average Bonchev–Trinajstić information content (AvgIpc) is 2.43. The van der Waals surface area contributed by atoms with E-state index in [-0.39, 0.29) is 13.1 Å². The predicted octanol–water partition coefficient (Wildman–Crippen LogP) is 1.63. The minimum Gasteiger partial charge on any atom is -0.444 e. The summed E-state index contributed by atoms with van der Waals surface area (Å²) < 4.78 is 5.26. The predicted molar refractivity (Wildman–Crippen MR) is 85.6 cm³/mol. The minimum atomic E-state index is -0.927. The second-order valence-electron chi connectivity index (χ2n) is 6.98. The molecule has 1 aliphatic heterocycles. The highest BCUT2D eigenvalue weighted by molar-refractivity contribution is 5.69. The molecule has 1 saturated heterocycles. The van der Waals surface area contributed by atoms with Gasteiger partial charge in [-0.2, -0.15) is 5.26 Å². The average molecular weight is 317 g/mol. The van der Waals surface area contributed by atoms with E-state index in [1.165, 1.54) is 4.90 Å². The summed E-state index contributed by atoms with van der Waals surface area (Å²) in [5, 5.41) is 22.4. The van der Waals surface area contributed by atoms with Crippen molar-refractivity contribution in [1.29, 1.82) is 5.26 Å². The Morgan fingerprint density at radius 2 is 2.17 bits per heavy atom. The number of benzene rings is 1. The molecule has 1 aromatic carbocycles. The molecule has 2 rings (SSSR count). The maximum Gasteiger partial charge on any atom is 0.410 e. The summed E-state index contributed by atoms with van der Waals surface area (Å²) in [4.78, 5) is 13.3. The van der Waals surface area contributed by atoms with E-state index in [9.17, 15) is 9.90 Å². The molecule has 0 saturated carbocycles. The van der Waals surface area contributed by atoms with E-state index in [1.807, 2.05) is 39.0 Å². The topological polar surface area (TPSA) is 85.6 Å². The molecule has 124 valence electrons. The van der Waals surface area contributed by atoms with Gasteiger partial charge in [0.15, 0.2) is 0 Å². The van der Waals surface area contributed by atoms with Crippen molar-refractivity contribution >= 4 is 6.09 Å². The number of hydrogen-bond acceptors (Lipinski definition) is 5. The molecule has 23 heavy (non-hydrogen) atoms. The molecule has 1 aromatic rings. The van der Waals surface area contributed by atoms with Crippen LogP contribution in [0.25, 0.3) is 0 Å². The molecule has 0 spiro atoms. The second-order valence-corrected chi connectivity index (χ2v) is 6.98. The quantitative estimate of drug-likeness (QED) is 0.881. The van der Waals surface area contributed by atoms with Crippen LogP contribution in [-0.4, -0.2) is 46.9 Å². The molecular formula is C17H23N3O3. The number of aliphatic hydroxyl groups is 1. The van der Waals surface area contributed by atoms with Crippen LogP contribution < -0.4 is 5.32 Å². The Morgan fingerprint density at radius 3 is 2.78 bits per heavy atom. The Hall–Kier alpha value is -2.10. The largest absolute Gasteiger partial charge is 0.444 e. The lowest BCUT2D eigenvalue weighted by atomic mass is 9.94. The monoisotopic (exact) mass is 317 g/mol. The molecule has 0 atom stereocenters. The van der Waals surface area contributed by atoms with Gasteiger partial charge >= 0.3 is 6.09 Å². The van der Waals surface area contributed by atoms with Crippen LogP contribution >= 0.6 is 0 Å². The molecule has 0 aliphatic carbocycles. The van der Waals surface area contributed by atoms with Gasteiger partial charge in [-0.3, -0.25) is 0 Å². The van der Waals surface area contributed by atoms with Crippen molar-refractivity contribution in [3.05, 3.63) is 35.4 Å². The number of rotatable bonds is 4. The van der Waals surface area contributed by atoms with Crippen LogP contribution in [0.1, 0.15) is 31.9 Å². The van der Waals surface area contributed by atoms with E-state index in [4.69, 9.17) is 10.00 Å². The summed E-state index contributed by atoms with van der Waals surface area (Å²) in [7, 11) is 0. The molecule has 0 bridgehead atoms. The number of nitriles is 1. The molecule has 6 heteroatoms. The fourth-order valence-electron chi connectivity index (χ4n) is 2.42. The number of β-amino-alcohol motifs (C(OH)–C–C–N with tert-alkyl or cyclic N) is 1. The molecule has 6 nitrogen and oxygen atoms in total. The molecule has 0 radical (unpaired) electrons. The van der Waals surface area contributed by atoms with E-state index < -0.39 is 17.3 Å². The third-order valence-corrected chi connectivity index (χ3v) is 3.46. The zero-order chi connectivity index (χ0) is 17.1. The Bertz CT molecular complexity index is 610. The van der Waals surface area contributed by atoms with Crippen LogP contribution in [0.2, 0.25) is 0 Å². The number of hydrogen-bond donors (Lipinski definition) is 2. The lowest BCUT2D eigenvalue weighted by Crippen LogP contribution is -2.67. The van der Waals surface area contributed by atoms with Gasteiger partial charge in [-0.1, -0.05) is 12.1 Å². The van der Waals surface area contributed by atoms with Crippen LogP contribution in [0.4, 0.5) is 4.79 Å². The number of carbonyl (C=O) groups excluding carboxylic acids is 1. The van der Waals surface area contributed by atoms with Crippen molar-refractivity contribution in [2.45, 2.75) is 38.5 Å². The van der Waals surface area contributed by atoms with Gasteiger partial charge < -0.3 is 20.1 Å². The van der Waals surface area contributed by atoms with Gasteiger partial charge in [0.05, 0.1) is 24.7 Å². The fourth-order valence-corrected chi connectivity index (χ4v) is 2.42. The first-order valence-electron chi connectivity index (χ1n) is 7.61. The number of ether oxygens (including phenoxy) is 1. The third kappa shape index (κ3) is 4.95. The first-order chi connectivity index (χ1) is 10.7. The third-order valence-electron chi connectivity index (χ3n) is 3.46. The van der Waals surface area contributed by atoms with Crippen LogP contribution in [0.5, 0.6) is 0 Å². The lowest BCUT2D eigenvalue weighted by Gasteiger charge is -2.46. The van der Waals surface area contributed by atoms with Crippen molar-refractivity contribution < 1.29 is 14.6 Å². The summed E-state index contributed by atoms with van der Waals surface area (Å²) in [5.74, 6) is 0. The van der Waals surface area contributed by atoms with Gasteiger partial charge in [0.2, 0.25) is 0 Å². The van der Waals surface area contributed by atoms with Gasteiger partial charge in [0, 0.05) is 13.1 Å². The molecular weight excluding hydrogens is 294 g/mol. The van der Waals surface area contributed by atoms with E-state index >= 15 is 0 Å². The van der Waals surface area contributed by atoms with Crippen LogP contribution in [0.15, 0.2) is 24.3 Å². The maximum atomic E-state index is 11.8. The number of nitrogens with zero attached hydrogens (tertiary/aromatic N) is 2. The molecule has 1 heterocycles. The number of amides is 1. The molecule has 1 fully saturated rings. The first-order valence-corrected chi connectivity index (χ1v) is 7.61. The summed E-state index contributed by atoms with van der Waals surface area (Å²) in [6.45, 7) is 6.89. The zero-order valence-electron chi connectivity index (χ0n) is 13.8. The lowest BCUT2D eigenvalue weighted by molar-refractivity contribution is -0.0961. The zero-order valence-corrected chi connectivity index (χ0v) is 13.8. The fraction of sp³-hybridized carbons (Fsp3) is 0.529. The Kier molecular flexibility index (Phi) is 4.93. The Morgan fingerprint density at radius 1 is 1.48 bits per heavy atom. The van der Waals surface area contributed by atoms with E-state index in [0.717, 1.165) is 5.56 Å². The van der Waals surface area contributed by atoms with Crippen LogP contribution in [0.3, 0.4) is 0 Å². The molecule has 0 unspecified atom stereocenters. The van der Waals surface area contributed by atoms with Crippen molar-refractivity contribution in [3.8, 4) is 6.07 Å². The van der Waals surface area contributed by atoms with Gasteiger partial charge in [0.1, 0.15) is 11.2 Å². The SMILES string of the molecule is CC(C)(C)OC(=O)N1CC(O)(CNCc2cccc(C#N)c2)C1. The standard InChI is InChI=1S/C17H23N3O3/c1-16(2,3)23-15(21)20-11-17(22,12-20)10-19-9-14-6-4-5-13(7-14)8-18/h4-7,19,22H,9-12H2,1-3H3. The molecule has 1 amide bonds. The van der Waals surface area contributed by atoms with Gasteiger partial charge in [0.25, 0.3) is 0 Å². The number of carbonyl (C=O) groups is 1. The van der Waals surface area contributed by atoms with Crippen molar-refractivity contribution in [2.24, 2.45) is 0 Å². The highest BCUT2D eigenvalue weighted by Crippen LogP contribution is 2.23. The highest BCUT2D eigenvalue weighted by Gasteiger charge is 2.44. The van der Waals surface area contributed by atoms with E-state index in [0.29, 0.717) is 18.7 Å². The van der Waals surface area contributed by atoms with Crippen LogP contribution in [-0.2, 0) is 11.3 Å². The van der Waals surface area contributed by atoms with Crippen molar-refractivity contribution in [1.82, 2.24) is 10.2 Å². The van der Waals surface area contributed by atoms with Crippen LogP contribution in [0, 0.1) is 11.3 Å². The number of nitrogens with one attached hydrogen (secondary N) is 1. The molecule has 2 N–H and O–H groups in total. The molecule has 1 aliphatic rings. The highest BCUT2D eigenvalue weighted by atomic mass is 16.6. The van der Waals surface area contributed by atoms with E-state index in [2.05, 4.69) is 11.4 Å². The van der Waals surface area contributed by atoms with Gasteiger partial charge in [-0.25, -0.2) is 4.79 Å². The first kappa shape index (κ1) is 17.3. The number of likely N-dealkylation sites (tertiary alicyclic amines) is 1. The van der Waals surface area contributed by atoms with Crippen molar-refractivity contribution in [3.63, 3.8) is 0 Å². The van der Waals surface area contributed by atoms with Crippen molar-refractivity contribution in [2.75, 3.05) is 19.6 Å². The normalized spacial score (nSPS) is 16.4. The van der Waals surface area contributed by atoms with Gasteiger partial charge in [-0.15, -0.1) is 0 Å². The Labute approximate surface area is 136 Å². The Balaban J connectivity index is 1.75. The smallest absolute Gasteiger partial charge is 0.410 e. The minimum absolute atomic E-state index is 0.257. The van der Waals surface area contributed by atoms with Gasteiger partial charge in [-0.05, 0) is 38.5 Å². The maximum absolute atomic E-state index is 11.8. The van der Waals surface area contributed by atoms with E-state index in [1.54, 1.807) is 6.07 Å². The summed E-state index contributed by atoms with van der Waals surface area (Å²) >= 11 is 0. The molecule has 0 aromatic heterocycles. The summed E-state index contributed by atoms with van der Waals surface area (Å²) in [6, 6.07) is 9.41. The summed E-state index contributed by atoms with van der Waals surface area (Å²) in [6.07, 6.45) is -0.399.